The Hall–Kier alpha value is -2.67. The molecule has 7 nitrogen and oxygen atoms in total. The number of aliphatic carboxylic acids is 1. The van der Waals surface area contributed by atoms with Crippen LogP contribution in [0.2, 0.25) is 0 Å². The summed E-state index contributed by atoms with van der Waals surface area (Å²) < 4.78 is 5.26. The van der Waals surface area contributed by atoms with Crippen molar-refractivity contribution >= 4 is 23.5 Å². The number of hydrogen-bond acceptors (Lipinski definition) is 4. The van der Waals surface area contributed by atoms with Crippen LogP contribution in [0.3, 0.4) is 0 Å². The van der Waals surface area contributed by atoms with Crippen LogP contribution in [-0.2, 0) is 14.3 Å². The van der Waals surface area contributed by atoms with Crippen LogP contribution >= 0.6 is 0 Å². The minimum atomic E-state index is -0.946. The Morgan fingerprint density at radius 1 is 1.00 bits per heavy atom. The Balaban J connectivity index is 1.67. The fourth-order valence-corrected chi connectivity index (χ4v) is 3.71. The van der Waals surface area contributed by atoms with Crippen molar-refractivity contribution < 1.29 is 24.2 Å². The highest BCUT2D eigenvalue weighted by atomic mass is 16.5. The van der Waals surface area contributed by atoms with Crippen LogP contribution < -0.4 is 5.32 Å². The molecule has 7 heteroatoms. The third-order valence-corrected chi connectivity index (χ3v) is 5.62. The van der Waals surface area contributed by atoms with Gasteiger partial charge in [-0.25, -0.2) is 0 Å². The van der Waals surface area contributed by atoms with Crippen molar-refractivity contribution in [3.8, 4) is 0 Å². The van der Waals surface area contributed by atoms with E-state index in [-0.39, 0.29) is 11.8 Å². The third kappa shape index (κ3) is 4.42. The van der Waals surface area contributed by atoms with Gasteiger partial charge in [0.25, 0.3) is 5.91 Å². The summed E-state index contributed by atoms with van der Waals surface area (Å²) in [6.07, 6.45) is 0.842. The predicted molar refractivity (Wildman–Crippen MR) is 104 cm³/mol. The van der Waals surface area contributed by atoms with Crippen LogP contribution in [-0.4, -0.2) is 54.1 Å². The first-order valence-electron chi connectivity index (χ1n) is 9.53. The lowest BCUT2D eigenvalue weighted by Gasteiger charge is -2.29. The Labute approximate surface area is 164 Å². The Kier molecular flexibility index (Phi) is 6.14. The largest absolute Gasteiger partial charge is 0.481 e. The molecule has 1 aliphatic heterocycles. The number of nitrogens with one attached hydrogen (secondary N) is 1. The SMILES string of the molecule is CC1=C(C)C[C@@H](C(=O)O)[C@@H](C(=O)Nc2ccc(C(=O)N3CCOCC3)cc2)C1. The fourth-order valence-electron chi connectivity index (χ4n) is 3.71. The Morgan fingerprint density at radius 2 is 1.57 bits per heavy atom. The summed E-state index contributed by atoms with van der Waals surface area (Å²) in [4.78, 5) is 38.5. The number of hydrogen-bond donors (Lipinski definition) is 2. The number of carboxylic acids is 1. The number of benzene rings is 1. The summed E-state index contributed by atoms with van der Waals surface area (Å²) in [5.74, 6) is -2.62. The number of carboxylic acid groups (broad SMARTS) is 1. The van der Waals surface area contributed by atoms with Gasteiger partial charge in [-0.3, -0.25) is 14.4 Å². The van der Waals surface area contributed by atoms with Gasteiger partial charge in [0.15, 0.2) is 0 Å². The molecule has 1 fully saturated rings. The first-order valence-corrected chi connectivity index (χ1v) is 9.53. The van der Waals surface area contributed by atoms with E-state index in [1.165, 1.54) is 0 Å². The van der Waals surface area contributed by atoms with E-state index in [4.69, 9.17) is 4.74 Å². The van der Waals surface area contributed by atoms with Gasteiger partial charge in [0, 0.05) is 24.3 Å². The smallest absolute Gasteiger partial charge is 0.307 e. The molecular formula is C21H26N2O5. The van der Waals surface area contributed by atoms with Gasteiger partial charge in [0.2, 0.25) is 5.91 Å². The molecule has 0 bridgehead atoms. The molecule has 150 valence electrons. The molecule has 2 atom stereocenters. The number of carbonyl (C=O) groups excluding carboxylic acids is 2. The van der Waals surface area contributed by atoms with Crippen molar-refractivity contribution in [2.75, 3.05) is 31.6 Å². The van der Waals surface area contributed by atoms with Crippen LogP contribution in [0.4, 0.5) is 5.69 Å². The number of allylic oxidation sites excluding steroid dienone is 2. The van der Waals surface area contributed by atoms with E-state index in [0.717, 1.165) is 11.1 Å². The second-order valence-corrected chi connectivity index (χ2v) is 7.49. The maximum absolute atomic E-state index is 12.7. The molecule has 2 aliphatic rings. The Bertz CT molecular complexity index is 794. The highest BCUT2D eigenvalue weighted by molar-refractivity contribution is 5.97. The van der Waals surface area contributed by atoms with Gasteiger partial charge in [-0.15, -0.1) is 0 Å². The number of anilines is 1. The third-order valence-electron chi connectivity index (χ3n) is 5.62. The summed E-state index contributed by atoms with van der Waals surface area (Å²) in [5, 5.41) is 12.3. The fraction of sp³-hybridized carbons (Fsp3) is 0.476. The van der Waals surface area contributed by atoms with E-state index >= 15 is 0 Å². The van der Waals surface area contributed by atoms with Crippen molar-refractivity contribution in [2.45, 2.75) is 26.7 Å². The van der Waals surface area contributed by atoms with Crippen molar-refractivity contribution in [3.63, 3.8) is 0 Å². The molecule has 3 rings (SSSR count). The quantitative estimate of drug-likeness (QED) is 0.776. The van der Waals surface area contributed by atoms with E-state index in [2.05, 4.69) is 5.32 Å². The van der Waals surface area contributed by atoms with Gasteiger partial charge in [-0.1, -0.05) is 11.1 Å². The number of nitrogens with zero attached hydrogens (tertiary/aromatic N) is 1. The zero-order valence-electron chi connectivity index (χ0n) is 16.2. The van der Waals surface area contributed by atoms with E-state index in [9.17, 15) is 19.5 Å². The van der Waals surface area contributed by atoms with Gasteiger partial charge < -0.3 is 20.1 Å². The van der Waals surface area contributed by atoms with Crippen molar-refractivity contribution in [1.82, 2.24) is 4.90 Å². The molecule has 0 unspecified atom stereocenters. The monoisotopic (exact) mass is 386 g/mol. The summed E-state index contributed by atoms with van der Waals surface area (Å²) in [6, 6.07) is 6.72. The number of carbonyl (C=O) groups is 3. The molecule has 1 aromatic rings. The summed E-state index contributed by atoms with van der Waals surface area (Å²) in [5.41, 5.74) is 3.22. The zero-order chi connectivity index (χ0) is 20.3. The van der Waals surface area contributed by atoms with Gasteiger partial charge in [0.1, 0.15) is 0 Å². The van der Waals surface area contributed by atoms with Crippen LogP contribution in [0.15, 0.2) is 35.4 Å². The highest BCUT2D eigenvalue weighted by Crippen LogP contribution is 2.35. The van der Waals surface area contributed by atoms with E-state index in [1.54, 1.807) is 29.2 Å². The molecule has 2 N–H and O–H groups in total. The van der Waals surface area contributed by atoms with Crippen LogP contribution in [0.1, 0.15) is 37.0 Å². The second-order valence-electron chi connectivity index (χ2n) is 7.49. The minimum Gasteiger partial charge on any atom is -0.481 e. The molecule has 1 saturated heterocycles. The molecule has 0 spiro atoms. The normalized spacial score (nSPS) is 22.7. The maximum atomic E-state index is 12.7. The first-order chi connectivity index (χ1) is 13.4. The lowest BCUT2D eigenvalue weighted by atomic mass is 9.76. The van der Waals surface area contributed by atoms with Crippen LogP contribution in [0, 0.1) is 11.8 Å². The number of amides is 2. The highest BCUT2D eigenvalue weighted by Gasteiger charge is 2.37. The van der Waals surface area contributed by atoms with Crippen molar-refractivity contribution in [1.29, 1.82) is 0 Å². The van der Waals surface area contributed by atoms with E-state index in [1.807, 2.05) is 13.8 Å². The molecule has 1 aliphatic carbocycles. The summed E-state index contributed by atoms with van der Waals surface area (Å²) in [6.45, 7) is 6.09. The maximum Gasteiger partial charge on any atom is 0.307 e. The van der Waals surface area contributed by atoms with Gasteiger partial charge in [-0.05, 0) is 51.0 Å². The molecule has 28 heavy (non-hydrogen) atoms. The van der Waals surface area contributed by atoms with Gasteiger partial charge in [0.05, 0.1) is 25.0 Å². The molecular weight excluding hydrogens is 360 g/mol. The summed E-state index contributed by atoms with van der Waals surface area (Å²) in [7, 11) is 0. The van der Waals surface area contributed by atoms with E-state index < -0.39 is 17.8 Å². The Morgan fingerprint density at radius 3 is 2.14 bits per heavy atom. The minimum absolute atomic E-state index is 0.0596. The van der Waals surface area contributed by atoms with Gasteiger partial charge >= 0.3 is 5.97 Å². The molecule has 0 saturated carbocycles. The van der Waals surface area contributed by atoms with Gasteiger partial charge in [-0.2, -0.15) is 0 Å². The summed E-state index contributed by atoms with van der Waals surface area (Å²) >= 11 is 0. The van der Waals surface area contributed by atoms with Crippen molar-refractivity contribution in [3.05, 3.63) is 41.0 Å². The topological polar surface area (TPSA) is 95.9 Å². The lowest BCUT2D eigenvalue weighted by Crippen LogP contribution is -2.40. The number of morpholine rings is 1. The average molecular weight is 386 g/mol. The molecule has 2 amide bonds. The number of ether oxygens (including phenoxy) is 1. The first kappa shape index (κ1) is 20.1. The molecule has 1 heterocycles. The molecule has 1 aromatic carbocycles. The van der Waals surface area contributed by atoms with Crippen molar-refractivity contribution in [2.24, 2.45) is 11.8 Å². The van der Waals surface area contributed by atoms with Crippen LogP contribution in [0.25, 0.3) is 0 Å². The lowest BCUT2D eigenvalue weighted by molar-refractivity contribution is -0.146. The average Bonchev–Trinajstić information content (AvgIpc) is 2.70. The van der Waals surface area contributed by atoms with Crippen LogP contribution in [0.5, 0.6) is 0 Å². The van der Waals surface area contributed by atoms with E-state index in [0.29, 0.717) is 50.4 Å². The molecule has 0 aromatic heterocycles. The number of rotatable bonds is 4. The second kappa shape index (κ2) is 8.56. The standard InChI is InChI=1S/C21H26N2O5/c1-13-11-17(18(21(26)27)12-14(13)2)19(24)22-16-5-3-15(4-6-16)20(25)23-7-9-28-10-8-23/h3-6,17-18H,7-12H2,1-2H3,(H,22,24)(H,26,27)/t17-,18+/m0/s1. The zero-order valence-corrected chi connectivity index (χ0v) is 16.2. The predicted octanol–water partition coefficient (Wildman–Crippen LogP) is 2.54. The molecule has 0 radical (unpaired) electrons.